The van der Waals surface area contributed by atoms with Crippen LogP contribution in [0, 0.1) is 12.8 Å². The van der Waals surface area contributed by atoms with Gasteiger partial charge in [0.25, 0.3) is 0 Å². The third kappa shape index (κ3) is 2.93. The van der Waals surface area contributed by atoms with E-state index in [0.29, 0.717) is 19.6 Å². The summed E-state index contributed by atoms with van der Waals surface area (Å²) in [6.45, 7) is 3.24. The van der Waals surface area contributed by atoms with Crippen LogP contribution in [-0.4, -0.2) is 32.1 Å². The fourth-order valence-electron chi connectivity index (χ4n) is 2.19. The van der Waals surface area contributed by atoms with Crippen molar-refractivity contribution in [3.05, 3.63) is 35.4 Å². The van der Waals surface area contributed by atoms with Gasteiger partial charge in [-0.05, 0) is 19.5 Å². The zero-order valence-electron chi connectivity index (χ0n) is 10.4. The fourth-order valence-corrected chi connectivity index (χ4v) is 2.19. The van der Waals surface area contributed by atoms with Gasteiger partial charge in [-0.3, -0.25) is 4.79 Å². The summed E-state index contributed by atoms with van der Waals surface area (Å²) in [5.74, 6) is 0.270. The molecule has 0 spiro atoms. The number of ketones is 1. The minimum atomic E-state index is 0.00121. The number of carbonyl (C=O) groups excluding carboxylic acids is 1. The molecule has 92 valence electrons. The summed E-state index contributed by atoms with van der Waals surface area (Å²) in [4.78, 5) is 12.1. The first-order chi connectivity index (χ1) is 8.20. The predicted molar refractivity (Wildman–Crippen MR) is 67.0 cm³/mol. The van der Waals surface area contributed by atoms with E-state index >= 15 is 0 Å². The molecule has 1 fully saturated rings. The molecule has 2 rings (SSSR count). The molecule has 17 heavy (non-hydrogen) atoms. The minimum absolute atomic E-state index is 0.00121. The van der Waals surface area contributed by atoms with E-state index in [1.807, 2.05) is 38.2 Å². The number of nitrogens with one attached hydrogen (secondary N) is 1. The van der Waals surface area contributed by atoms with Gasteiger partial charge in [0.05, 0.1) is 19.1 Å². The van der Waals surface area contributed by atoms with E-state index in [4.69, 9.17) is 4.74 Å². The third-order valence-electron chi connectivity index (χ3n) is 3.36. The first kappa shape index (κ1) is 12.3. The summed E-state index contributed by atoms with van der Waals surface area (Å²) in [6, 6.07) is 8.31. The van der Waals surface area contributed by atoms with E-state index in [1.165, 1.54) is 5.56 Å². The topological polar surface area (TPSA) is 38.3 Å². The van der Waals surface area contributed by atoms with E-state index in [9.17, 15) is 4.79 Å². The molecule has 0 saturated carbocycles. The van der Waals surface area contributed by atoms with Crippen molar-refractivity contribution in [1.82, 2.24) is 5.32 Å². The number of carbonyl (C=O) groups is 1. The first-order valence-electron chi connectivity index (χ1n) is 6.04. The van der Waals surface area contributed by atoms with Crippen LogP contribution < -0.4 is 5.32 Å². The van der Waals surface area contributed by atoms with Crippen LogP contribution in [0.2, 0.25) is 0 Å². The van der Waals surface area contributed by atoms with Crippen LogP contribution in [0.3, 0.4) is 0 Å². The second-order valence-corrected chi connectivity index (χ2v) is 4.67. The van der Waals surface area contributed by atoms with Gasteiger partial charge in [0.2, 0.25) is 0 Å². The molecule has 1 aromatic rings. The Morgan fingerprint density at radius 3 is 2.71 bits per heavy atom. The van der Waals surface area contributed by atoms with Crippen molar-refractivity contribution >= 4 is 5.78 Å². The highest BCUT2D eigenvalue weighted by Crippen LogP contribution is 2.17. The van der Waals surface area contributed by atoms with E-state index in [2.05, 4.69) is 5.32 Å². The lowest BCUT2D eigenvalue weighted by Crippen LogP contribution is -2.37. The zero-order valence-corrected chi connectivity index (χ0v) is 10.4. The van der Waals surface area contributed by atoms with Gasteiger partial charge in [0.1, 0.15) is 5.78 Å². The van der Waals surface area contributed by atoms with Gasteiger partial charge < -0.3 is 10.1 Å². The lowest BCUT2D eigenvalue weighted by molar-refractivity contribution is -0.122. The van der Waals surface area contributed by atoms with Crippen molar-refractivity contribution in [3.8, 4) is 0 Å². The summed E-state index contributed by atoms with van der Waals surface area (Å²) < 4.78 is 5.36. The van der Waals surface area contributed by atoms with E-state index < -0.39 is 0 Å². The number of rotatable bonds is 4. The van der Waals surface area contributed by atoms with E-state index in [1.54, 1.807) is 0 Å². The average Bonchev–Trinajstić information content (AvgIpc) is 2.80. The number of Topliss-reactive ketones (excluding diaryl/α,β-unsaturated/α-hetero) is 1. The molecule has 2 unspecified atom stereocenters. The van der Waals surface area contributed by atoms with Gasteiger partial charge in [0.15, 0.2) is 0 Å². The smallest absolute Gasteiger partial charge is 0.144 e. The van der Waals surface area contributed by atoms with Crippen LogP contribution in [0.15, 0.2) is 24.3 Å². The van der Waals surface area contributed by atoms with Crippen LogP contribution in [0.25, 0.3) is 0 Å². The quantitative estimate of drug-likeness (QED) is 0.853. The highest BCUT2D eigenvalue weighted by Gasteiger charge is 2.32. The number of ether oxygens (including phenoxy) is 1. The van der Waals surface area contributed by atoms with E-state index in [-0.39, 0.29) is 17.7 Å². The Kier molecular flexibility index (Phi) is 3.92. The molecule has 1 aliphatic heterocycles. The molecular weight excluding hydrogens is 214 g/mol. The van der Waals surface area contributed by atoms with Gasteiger partial charge in [0, 0.05) is 12.5 Å². The summed E-state index contributed by atoms with van der Waals surface area (Å²) in [7, 11) is 1.88. The largest absolute Gasteiger partial charge is 0.379 e. The number of hydrogen-bond donors (Lipinski definition) is 1. The molecule has 1 aliphatic rings. The summed E-state index contributed by atoms with van der Waals surface area (Å²) >= 11 is 0. The van der Waals surface area contributed by atoms with Crippen molar-refractivity contribution in [2.75, 3.05) is 20.3 Å². The van der Waals surface area contributed by atoms with E-state index in [0.717, 1.165) is 5.56 Å². The predicted octanol–water partition coefficient (Wildman–Crippen LogP) is 1.34. The summed E-state index contributed by atoms with van der Waals surface area (Å²) in [5, 5.41) is 3.14. The lowest BCUT2D eigenvalue weighted by Gasteiger charge is -2.15. The molecule has 1 aromatic carbocycles. The maximum absolute atomic E-state index is 12.1. The molecule has 1 saturated heterocycles. The fraction of sp³-hybridized carbons (Fsp3) is 0.500. The maximum Gasteiger partial charge on any atom is 0.144 e. The first-order valence-corrected chi connectivity index (χ1v) is 6.04. The van der Waals surface area contributed by atoms with Gasteiger partial charge in [-0.15, -0.1) is 0 Å². The highest BCUT2D eigenvalue weighted by atomic mass is 16.5. The van der Waals surface area contributed by atoms with Crippen molar-refractivity contribution in [1.29, 1.82) is 0 Å². The Balaban J connectivity index is 1.99. The molecule has 0 radical (unpaired) electrons. The average molecular weight is 233 g/mol. The lowest BCUT2D eigenvalue weighted by atomic mass is 9.93. The summed E-state index contributed by atoms with van der Waals surface area (Å²) in [6.07, 6.45) is 0.506. The Hall–Kier alpha value is -1.19. The Labute approximate surface area is 102 Å². The second kappa shape index (κ2) is 5.43. The van der Waals surface area contributed by atoms with Gasteiger partial charge >= 0.3 is 0 Å². The number of aryl methyl sites for hydroxylation is 1. The molecule has 0 aliphatic carbocycles. The van der Waals surface area contributed by atoms with Gasteiger partial charge in [-0.2, -0.15) is 0 Å². The van der Waals surface area contributed by atoms with Crippen LogP contribution in [0.4, 0.5) is 0 Å². The van der Waals surface area contributed by atoms with Gasteiger partial charge in [-0.1, -0.05) is 29.8 Å². The van der Waals surface area contributed by atoms with Crippen LogP contribution in [0.1, 0.15) is 11.1 Å². The van der Waals surface area contributed by atoms with Crippen molar-refractivity contribution in [2.45, 2.75) is 19.4 Å². The third-order valence-corrected chi connectivity index (χ3v) is 3.36. The maximum atomic E-state index is 12.1. The van der Waals surface area contributed by atoms with Crippen LogP contribution in [0.5, 0.6) is 0 Å². The molecule has 0 aromatic heterocycles. The Morgan fingerprint density at radius 2 is 2.06 bits per heavy atom. The number of hydrogen-bond acceptors (Lipinski definition) is 3. The zero-order chi connectivity index (χ0) is 12.3. The molecule has 1 heterocycles. The minimum Gasteiger partial charge on any atom is -0.379 e. The van der Waals surface area contributed by atoms with Gasteiger partial charge in [-0.25, -0.2) is 0 Å². The SMILES string of the molecule is CNC1COCC1C(=O)Cc1ccc(C)cc1. The Bertz CT molecular complexity index is 386. The molecule has 0 amide bonds. The molecule has 3 nitrogen and oxygen atoms in total. The second-order valence-electron chi connectivity index (χ2n) is 4.67. The normalized spacial score (nSPS) is 23.9. The monoisotopic (exact) mass is 233 g/mol. The molecule has 1 N–H and O–H groups in total. The van der Waals surface area contributed by atoms with Crippen molar-refractivity contribution in [3.63, 3.8) is 0 Å². The number of likely N-dealkylation sites (N-methyl/N-ethyl adjacent to an activating group) is 1. The Morgan fingerprint density at radius 1 is 1.35 bits per heavy atom. The van der Waals surface area contributed by atoms with Crippen LogP contribution >= 0.6 is 0 Å². The van der Waals surface area contributed by atoms with Crippen LogP contribution in [-0.2, 0) is 16.0 Å². The van der Waals surface area contributed by atoms with Crippen molar-refractivity contribution < 1.29 is 9.53 Å². The van der Waals surface area contributed by atoms with Crippen molar-refractivity contribution in [2.24, 2.45) is 5.92 Å². The molecule has 3 heteroatoms. The summed E-state index contributed by atoms with van der Waals surface area (Å²) in [5.41, 5.74) is 2.31. The molecular formula is C14H19NO2. The standard InChI is InChI=1S/C14H19NO2/c1-10-3-5-11(6-4-10)7-14(16)12-8-17-9-13(12)15-2/h3-6,12-13,15H,7-9H2,1-2H3. The molecule has 0 bridgehead atoms. The number of benzene rings is 1. The highest BCUT2D eigenvalue weighted by molar-refractivity contribution is 5.84. The molecule has 2 atom stereocenters.